The van der Waals surface area contributed by atoms with Gasteiger partial charge in [0.1, 0.15) is 11.9 Å². The van der Waals surface area contributed by atoms with Crippen LogP contribution in [0.1, 0.15) is 34.3 Å². The number of benzene rings is 3. The lowest BCUT2D eigenvalue weighted by Crippen LogP contribution is -2.39. The Hall–Kier alpha value is -4.44. The molecule has 0 radical (unpaired) electrons. The second-order valence-electron chi connectivity index (χ2n) is 8.72. The topological polar surface area (TPSA) is 126 Å². The number of nitrogens with two attached hydrogens (primary N) is 1. The summed E-state index contributed by atoms with van der Waals surface area (Å²) in [6, 6.07) is 13.5. The summed E-state index contributed by atoms with van der Waals surface area (Å²) in [5, 5.41) is 3.01. The minimum absolute atomic E-state index is 0.0177. The number of primary amides is 1. The lowest BCUT2D eigenvalue weighted by atomic mass is 10.0. The molecule has 39 heavy (non-hydrogen) atoms. The van der Waals surface area contributed by atoms with Crippen LogP contribution in [0.5, 0.6) is 17.2 Å². The Morgan fingerprint density at radius 1 is 0.897 bits per heavy atom. The van der Waals surface area contributed by atoms with E-state index in [9.17, 15) is 18.8 Å². The Kier molecular flexibility index (Phi) is 9.99. The van der Waals surface area contributed by atoms with Crippen LogP contribution >= 0.6 is 0 Å². The van der Waals surface area contributed by atoms with E-state index in [0.29, 0.717) is 39.5 Å². The van der Waals surface area contributed by atoms with Gasteiger partial charge in [-0.25, -0.2) is 14.0 Å². The fourth-order valence-corrected chi connectivity index (χ4v) is 3.86. The molecule has 0 spiro atoms. The quantitative estimate of drug-likeness (QED) is 0.262. The highest BCUT2D eigenvalue weighted by atomic mass is 19.1. The number of ether oxygens (including phenoxy) is 4. The summed E-state index contributed by atoms with van der Waals surface area (Å²) in [7, 11) is 4.46. The second kappa shape index (κ2) is 13.4. The average Bonchev–Trinajstić information content (AvgIpc) is 2.93. The van der Waals surface area contributed by atoms with E-state index in [2.05, 4.69) is 5.32 Å². The van der Waals surface area contributed by atoms with E-state index >= 15 is 0 Å². The number of rotatable bonds is 12. The fourth-order valence-electron chi connectivity index (χ4n) is 3.86. The number of methoxy groups -OCH3 is 3. The summed E-state index contributed by atoms with van der Waals surface area (Å²) in [6.45, 7) is 1.83. The minimum Gasteiger partial charge on any atom is -0.493 e. The Bertz CT molecular complexity index is 1320. The fraction of sp³-hybridized carbons (Fsp3) is 0.276. The number of esters is 2. The molecular formula is C29H31FN2O7. The van der Waals surface area contributed by atoms with E-state index < -0.39 is 23.9 Å². The van der Waals surface area contributed by atoms with Crippen LogP contribution in [0.15, 0.2) is 54.6 Å². The number of carbonyl (C=O) groups is 3. The van der Waals surface area contributed by atoms with Gasteiger partial charge in [-0.15, -0.1) is 0 Å². The Balaban J connectivity index is 1.71. The van der Waals surface area contributed by atoms with Gasteiger partial charge in [0, 0.05) is 13.0 Å². The zero-order chi connectivity index (χ0) is 28.5. The maximum atomic E-state index is 13.9. The molecular weight excluding hydrogens is 507 g/mol. The maximum absolute atomic E-state index is 13.9. The SMILES string of the molecule is COc1cc(CN[C@@H](CCC(N)=O)C(=O)OC(=O)c2ccc(-c3ccc(C)c(F)c3)cc2)cc(OC)c1OC. The van der Waals surface area contributed by atoms with Crippen molar-refractivity contribution in [2.24, 2.45) is 5.73 Å². The Morgan fingerprint density at radius 2 is 1.51 bits per heavy atom. The molecule has 0 fully saturated rings. The van der Waals surface area contributed by atoms with E-state index in [0.717, 1.165) is 0 Å². The molecule has 206 valence electrons. The van der Waals surface area contributed by atoms with Gasteiger partial charge < -0.3 is 30.0 Å². The summed E-state index contributed by atoms with van der Waals surface area (Å²) in [4.78, 5) is 37.0. The van der Waals surface area contributed by atoms with Gasteiger partial charge in [-0.05, 0) is 65.9 Å². The van der Waals surface area contributed by atoms with Crippen LogP contribution in [0.2, 0.25) is 0 Å². The number of halogens is 1. The lowest BCUT2D eigenvalue weighted by molar-refractivity contribution is -0.140. The molecule has 0 aliphatic carbocycles. The highest BCUT2D eigenvalue weighted by Gasteiger charge is 2.24. The zero-order valence-electron chi connectivity index (χ0n) is 22.2. The van der Waals surface area contributed by atoms with Crippen molar-refractivity contribution in [2.45, 2.75) is 32.4 Å². The van der Waals surface area contributed by atoms with Gasteiger partial charge in [0.2, 0.25) is 11.7 Å². The minimum atomic E-state index is -1.00. The van der Waals surface area contributed by atoms with Crippen molar-refractivity contribution >= 4 is 17.8 Å². The number of carbonyl (C=O) groups excluding carboxylic acids is 3. The van der Waals surface area contributed by atoms with E-state index in [1.807, 2.05) is 0 Å². The molecule has 0 aliphatic heterocycles. The monoisotopic (exact) mass is 538 g/mol. The summed E-state index contributed by atoms with van der Waals surface area (Å²) in [5.41, 5.74) is 7.98. The number of hydrogen-bond donors (Lipinski definition) is 2. The lowest BCUT2D eigenvalue weighted by Gasteiger charge is -2.18. The molecule has 3 rings (SSSR count). The molecule has 3 aromatic rings. The Morgan fingerprint density at radius 3 is 2.05 bits per heavy atom. The van der Waals surface area contributed by atoms with Crippen LogP contribution < -0.4 is 25.3 Å². The molecule has 0 saturated heterocycles. The molecule has 3 aromatic carbocycles. The van der Waals surface area contributed by atoms with Crippen LogP contribution in [0.3, 0.4) is 0 Å². The number of aryl methyl sites for hydroxylation is 1. The molecule has 1 amide bonds. The van der Waals surface area contributed by atoms with Crippen LogP contribution in [-0.4, -0.2) is 45.2 Å². The first-order valence-electron chi connectivity index (χ1n) is 12.1. The second-order valence-corrected chi connectivity index (χ2v) is 8.72. The molecule has 0 saturated carbocycles. The molecule has 10 heteroatoms. The van der Waals surface area contributed by atoms with Gasteiger partial charge in [-0.2, -0.15) is 0 Å². The highest BCUT2D eigenvalue weighted by Crippen LogP contribution is 2.38. The first kappa shape index (κ1) is 29.1. The van der Waals surface area contributed by atoms with E-state index in [1.165, 1.54) is 39.5 Å². The third-order valence-corrected chi connectivity index (χ3v) is 6.06. The molecule has 9 nitrogen and oxygen atoms in total. The first-order chi connectivity index (χ1) is 18.7. The van der Waals surface area contributed by atoms with Gasteiger partial charge in [-0.1, -0.05) is 24.3 Å². The molecule has 0 bridgehead atoms. The predicted octanol–water partition coefficient (Wildman–Crippen LogP) is 3.93. The van der Waals surface area contributed by atoms with Crippen LogP contribution in [0.4, 0.5) is 4.39 Å². The molecule has 0 heterocycles. The number of amides is 1. The standard InChI is InChI=1S/C29H31FN2O7/c1-17-5-6-21(15-22(17)30)19-7-9-20(10-8-19)28(34)39-29(35)23(11-12-26(31)33)32-16-18-13-24(36-2)27(38-4)25(14-18)37-3/h5-10,13-15,23,32H,11-12,16H2,1-4H3,(H2,31,33)/t23-/m0/s1. The highest BCUT2D eigenvalue weighted by molar-refractivity contribution is 5.98. The smallest absolute Gasteiger partial charge is 0.345 e. The molecule has 1 atom stereocenters. The van der Waals surface area contributed by atoms with Gasteiger partial charge in [0.15, 0.2) is 11.5 Å². The average molecular weight is 539 g/mol. The molecule has 3 N–H and O–H groups in total. The van der Waals surface area contributed by atoms with Crippen molar-refractivity contribution in [1.82, 2.24) is 5.32 Å². The summed E-state index contributed by atoms with van der Waals surface area (Å²) in [6.07, 6.45) is -0.0815. The van der Waals surface area contributed by atoms with Crippen molar-refractivity contribution in [2.75, 3.05) is 21.3 Å². The number of hydrogen-bond acceptors (Lipinski definition) is 8. The van der Waals surface area contributed by atoms with Gasteiger partial charge in [0.05, 0.1) is 26.9 Å². The third kappa shape index (κ3) is 7.55. The van der Waals surface area contributed by atoms with Gasteiger partial charge in [-0.3, -0.25) is 4.79 Å². The Labute approximate surface area is 226 Å². The summed E-state index contributed by atoms with van der Waals surface area (Å²) in [5.74, 6) is -1.38. The third-order valence-electron chi connectivity index (χ3n) is 6.06. The van der Waals surface area contributed by atoms with E-state index in [1.54, 1.807) is 43.3 Å². The van der Waals surface area contributed by atoms with E-state index in [4.69, 9.17) is 24.7 Å². The normalized spacial score (nSPS) is 11.4. The van der Waals surface area contributed by atoms with Crippen molar-refractivity contribution < 1.29 is 37.7 Å². The van der Waals surface area contributed by atoms with Crippen LogP contribution in [-0.2, 0) is 20.9 Å². The molecule has 0 aromatic heterocycles. The van der Waals surface area contributed by atoms with Gasteiger partial charge >= 0.3 is 11.9 Å². The predicted molar refractivity (Wildman–Crippen MR) is 142 cm³/mol. The van der Waals surface area contributed by atoms with Crippen molar-refractivity contribution in [3.8, 4) is 28.4 Å². The van der Waals surface area contributed by atoms with E-state index in [-0.39, 0.29) is 30.8 Å². The number of nitrogens with one attached hydrogen (secondary N) is 1. The van der Waals surface area contributed by atoms with Gasteiger partial charge in [0.25, 0.3) is 0 Å². The van der Waals surface area contributed by atoms with Crippen LogP contribution in [0, 0.1) is 12.7 Å². The van der Waals surface area contributed by atoms with Crippen molar-refractivity contribution in [1.29, 1.82) is 0 Å². The maximum Gasteiger partial charge on any atom is 0.345 e. The summed E-state index contributed by atoms with van der Waals surface area (Å²) >= 11 is 0. The van der Waals surface area contributed by atoms with Crippen molar-refractivity contribution in [3.63, 3.8) is 0 Å². The molecule has 0 unspecified atom stereocenters. The van der Waals surface area contributed by atoms with Crippen LogP contribution in [0.25, 0.3) is 11.1 Å². The first-order valence-corrected chi connectivity index (χ1v) is 12.1. The largest absolute Gasteiger partial charge is 0.493 e. The summed E-state index contributed by atoms with van der Waals surface area (Å²) < 4.78 is 35.1. The molecule has 0 aliphatic rings. The zero-order valence-corrected chi connectivity index (χ0v) is 22.2. The van der Waals surface area contributed by atoms with Crippen molar-refractivity contribution in [3.05, 3.63) is 77.1 Å².